The number of likely N-dealkylation sites (tertiary alicyclic amines) is 1. The van der Waals surface area contributed by atoms with Crippen molar-refractivity contribution in [3.63, 3.8) is 0 Å². The Morgan fingerprint density at radius 2 is 1.65 bits per heavy atom. The first-order valence-electron chi connectivity index (χ1n) is 11.3. The Bertz CT molecular complexity index is 559. The monoisotopic (exact) mass is 357 g/mol. The highest BCUT2D eigenvalue weighted by atomic mass is 15.2. The number of allylic oxidation sites excluding steroid dienone is 4. The Kier molecular flexibility index (Phi) is 5.67. The fourth-order valence-electron chi connectivity index (χ4n) is 6.38. The molecule has 2 atom stereocenters. The van der Waals surface area contributed by atoms with Gasteiger partial charge in [-0.3, -0.25) is 0 Å². The van der Waals surface area contributed by atoms with E-state index in [2.05, 4.69) is 65.5 Å². The minimum Gasteiger partial charge on any atom is -0.369 e. The molecule has 2 aliphatic carbocycles. The lowest BCUT2D eigenvalue weighted by Crippen LogP contribution is -2.42. The highest BCUT2D eigenvalue weighted by Gasteiger charge is 2.51. The predicted molar refractivity (Wildman–Crippen MR) is 114 cm³/mol. The molecular formula is C25H43N. The number of rotatable bonds is 4. The molecule has 1 saturated carbocycles. The van der Waals surface area contributed by atoms with Crippen LogP contribution in [0.15, 0.2) is 23.4 Å². The van der Waals surface area contributed by atoms with E-state index in [0.717, 1.165) is 5.92 Å². The highest BCUT2D eigenvalue weighted by molar-refractivity contribution is 5.34. The molecule has 1 aliphatic heterocycles. The second-order valence-electron chi connectivity index (χ2n) is 11.0. The Hall–Kier alpha value is -0.720. The quantitative estimate of drug-likeness (QED) is 0.514. The highest BCUT2D eigenvalue weighted by Crippen LogP contribution is 2.53. The molecule has 1 unspecified atom stereocenters. The lowest BCUT2D eigenvalue weighted by molar-refractivity contribution is 0.142. The van der Waals surface area contributed by atoms with Crippen LogP contribution in [0.3, 0.4) is 0 Å². The van der Waals surface area contributed by atoms with Gasteiger partial charge < -0.3 is 4.90 Å². The molecule has 0 amide bonds. The molecule has 1 nitrogen and oxygen atoms in total. The van der Waals surface area contributed by atoms with Gasteiger partial charge in [0.25, 0.3) is 0 Å². The summed E-state index contributed by atoms with van der Waals surface area (Å²) < 4.78 is 0. The molecule has 1 heterocycles. The number of hydrogen-bond acceptors (Lipinski definition) is 1. The van der Waals surface area contributed by atoms with Gasteiger partial charge in [0.05, 0.1) is 0 Å². The molecule has 0 N–H and O–H groups in total. The average molecular weight is 358 g/mol. The van der Waals surface area contributed by atoms with Gasteiger partial charge in [-0.25, -0.2) is 0 Å². The summed E-state index contributed by atoms with van der Waals surface area (Å²) in [6, 6.07) is 0. The van der Waals surface area contributed by atoms with E-state index < -0.39 is 0 Å². The number of nitrogens with zero attached hydrogens (tertiary/aromatic N) is 1. The Morgan fingerprint density at radius 1 is 1.00 bits per heavy atom. The van der Waals surface area contributed by atoms with Gasteiger partial charge >= 0.3 is 0 Å². The predicted octanol–water partition coefficient (Wildman–Crippen LogP) is 7.20. The summed E-state index contributed by atoms with van der Waals surface area (Å²) in [4.78, 5) is 2.88. The van der Waals surface area contributed by atoms with Crippen LogP contribution in [0.4, 0.5) is 0 Å². The summed E-state index contributed by atoms with van der Waals surface area (Å²) >= 11 is 0. The van der Waals surface area contributed by atoms with Gasteiger partial charge in [0, 0.05) is 23.7 Å². The Labute approximate surface area is 163 Å². The maximum Gasteiger partial charge on any atom is 0.0349 e. The van der Waals surface area contributed by atoms with E-state index in [1.807, 2.05) is 0 Å². The Balaban J connectivity index is 1.98. The third-order valence-electron chi connectivity index (χ3n) is 7.73. The van der Waals surface area contributed by atoms with Crippen molar-refractivity contribution in [2.45, 2.75) is 99.0 Å². The lowest BCUT2D eigenvalue weighted by Gasteiger charge is -2.43. The second kappa shape index (κ2) is 7.36. The van der Waals surface area contributed by atoms with E-state index in [9.17, 15) is 0 Å². The molecule has 0 radical (unpaired) electrons. The maximum absolute atomic E-state index is 2.88. The van der Waals surface area contributed by atoms with Crippen molar-refractivity contribution in [1.29, 1.82) is 0 Å². The SMILES string of the molecule is CC(C)C1=C(N2CC(C)(C3CCCCC3)CC2(C)C)[C@H](C(C)C)CC=C1. The van der Waals surface area contributed by atoms with Gasteiger partial charge in [0.1, 0.15) is 0 Å². The van der Waals surface area contributed by atoms with Gasteiger partial charge in [-0.1, -0.05) is 66.0 Å². The van der Waals surface area contributed by atoms with Gasteiger partial charge in [-0.2, -0.15) is 0 Å². The van der Waals surface area contributed by atoms with Crippen molar-refractivity contribution in [1.82, 2.24) is 4.90 Å². The molecule has 0 aromatic carbocycles. The molecule has 3 aliphatic rings. The molecule has 26 heavy (non-hydrogen) atoms. The van der Waals surface area contributed by atoms with E-state index in [0.29, 0.717) is 23.2 Å². The molecule has 1 saturated heterocycles. The molecular weight excluding hydrogens is 314 g/mol. The first kappa shape index (κ1) is 20.0. The fourth-order valence-corrected chi connectivity index (χ4v) is 6.38. The summed E-state index contributed by atoms with van der Waals surface area (Å²) in [5.41, 5.74) is 4.07. The molecule has 0 spiro atoms. The van der Waals surface area contributed by atoms with E-state index in [1.54, 1.807) is 11.3 Å². The second-order valence-corrected chi connectivity index (χ2v) is 11.0. The third-order valence-corrected chi connectivity index (χ3v) is 7.73. The van der Waals surface area contributed by atoms with Crippen LogP contribution < -0.4 is 0 Å². The third kappa shape index (κ3) is 3.65. The molecule has 3 rings (SSSR count). The van der Waals surface area contributed by atoms with Gasteiger partial charge in [-0.15, -0.1) is 0 Å². The van der Waals surface area contributed by atoms with Crippen molar-refractivity contribution in [2.75, 3.05) is 6.54 Å². The van der Waals surface area contributed by atoms with Crippen LogP contribution in [-0.4, -0.2) is 17.0 Å². The van der Waals surface area contributed by atoms with Crippen molar-refractivity contribution < 1.29 is 0 Å². The van der Waals surface area contributed by atoms with Crippen molar-refractivity contribution in [3.8, 4) is 0 Å². The van der Waals surface area contributed by atoms with Crippen LogP contribution in [0.25, 0.3) is 0 Å². The van der Waals surface area contributed by atoms with Crippen LogP contribution >= 0.6 is 0 Å². The first-order valence-corrected chi connectivity index (χ1v) is 11.3. The van der Waals surface area contributed by atoms with Crippen molar-refractivity contribution >= 4 is 0 Å². The van der Waals surface area contributed by atoms with Gasteiger partial charge in [0.15, 0.2) is 0 Å². The largest absolute Gasteiger partial charge is 0.369 e. The normalized spacial score (nSPS) is 33.0. The van der Waals surface area contributed by atoms with Crippen LogP contribution in [-0.2, 0) is 0 Å². The van der Waals surface area contributed by atoms with Crippen LogP contribution in [0.2, 0.25) is 0 Å². The molecule has 148 valence electrons. The zero-order chi connectivity index (χ0) is 19.1. The summed E-state index contributed by atoms with van der Waals surface area (Å²) in [5.74, 6) is 2.94. The average Bonchev–Trinajstić information content (AvgIpc) is 2.85. The first-order chi connectivity index (χ1) is 12.2. The summed E-state index contributed by atoms with van der Waals surface area (Å²) in [6.45, 7) is 18.5. The van der Waals surface area contributed by atoms with Crippen LogP contribution in [0, 0.1) is 29.1 Å². The molecule has 0 aromatic heterocycles. The van der Waals surface area contributed by atoms with Crippen LogP contribution in [0.1, 0.15) is 93.4 Å². The molecule has 1 heteroatoms. The Morgan fingerprint density at radius 3 is 2.23 bits per heavy atom. The summed E-state index contributed by atoms with van der Waals surface area (Å²) in [5, 5.41) is 0. The zero-order valence-corrected chi connectivity index (χ0v) is 18.6. The van der Waals surface area contributed by atoms with Gasteiger partial charge in [-0.05, 0) is 68.3 Å². The van der Waals surface area contributed by atoms with Crippen LogP contribution in [0.5, 0.6) is 0 Å². The smallest absolute Gasteiger partial charge is 0.0349 e. The topological polar surface area (TPSA) is 3.24 Å². The van der Waals surface area contributed by atoms with Gasteiger partial charge in [0.2, 0.25) is 0 Å². The molecule has 0 bridgehead atoms. The molecule has 0 aromatic rings. The standard InChI is InChI=1S/C25H43N/c1-18(2)21-14-11-15-22(19(3)4)23(21)26-17-25(7,16-24(26,5)6)20-12-9-8-10-13-20/h11,14,18-20,22H,8-10,12-13,15-17H2,1-7H3/t22-,25?/m0/s1. The van der Waals surface area contributed by atoms with E-state index in [-0.39, 0.29) is 5.54 Å². The minimum absolute atomic E-state index is 0.278. The minimum atomic E-state index is 0.278. The zero-order valence-electron chi connectivity index (χ0n) is 18.6. The summed E-state index contributed by atoms with van der Waals surface area (Å²) in [6.07, 6.45) is 14.8. The van der Waals surface area contributed by atoms with E-state index in [1.165, 1.54) is 51.5 Å². The lowest BCUT2D eigenvalue weighted by atomic mass is 9.67. The summed E-state index contributed by atoms with van der Waals surface area (Å²) in [7, 11) is 0. The van der Waals surface area contributed by atoms with Crippen molar-refractivity contribution in [3.05, 3.63) is 23.4 Å². The van der Waals surface area contributed by atoms with Crippen molar-refractivity contribution in [2.24, 2.45) is 29.1 Å². The molecule has 2 fully saturated rings. The maximum atomic E-state index is 2.88. The number of hydrogen-bond donors (Lipinski definition) is 0. The van der Waals surface area contributed by atoms with E-state index in [4.69, 9.17) is 0 Å². The van der Waals surface area contributed by atoms with E-state index >= 15 is 0 Å². The fraction of sp³-hybridized carbons (Fsp3) is 0.840.